The second-order valence-electron chi connectivity index (χ2n) is 25.0. The van der Waals surface area contributed by atoms with Gasteiger partial charge in [0.05, 0.1) is 38.4 Å². The molecule has 0 bridgehead atoms. The summed E-state index contributed by atoms with van der Waals surface area (Å²) in [4.78, 5) is 185. The smallest absolute Gasteiger partial charge is 0.328 e. The minimum absolute atomic E-state index is 0. The Kier molecular flexibility index (Phi) is 37.7. The van der Waals surface area contributed by atoms with Crippen molar-refractivity contribution in [2.24, 2.45) is 5.73 Å². The maximum atomic E-state index is 15.3. The van der Waals surface area contributed by atoms with Crippen LogP contribution in [-0.4, -0.2) is 300 Å². The van der Waals surface area contributed by atoms with Gasteiger partial charge in [-0.3, -0.25) is 77.1 Å². The number of nitrogens with two attached hydrogens (primary N) is 1. The molecule has 0 unspecified atom stereocenters. The van der Waals surface area contributed by atoms with E-state index in [4.69, 9.17) is 15.6 Å². The molecule has 35 nitrogen and oxygen atoms in total. The highest BCUT2D eigenvalue weighted by Crippen LogP contribution is 2.25. The zero-order chi connectivity index (χ0) is 76.6. The lowest BCUT2D eigenvalue weighted by Gasteiger charge is -2.33. The van der Waals surface area contributed by atoms with Crippen molar-refractivity contribution in [1.29, 1.82) is 0 Å². The first-order chi connectivity index (χ1) is 49.4. The molecule has 105 heavy (non-hydrogen) atoms. The monoisotopic (exact) mass is 1510 g/mol. The fourth-order valence-corrected chi connectivity index (χ4v) is 13.4. The third kappa shape index (κ3) is 31.4. The Morgan fingerprint density at radius 2 is 1.08 bits per heavy atom. The third-order valence-electron chi connectivity index (χ3n) is 16.6. The fraction of sp³-hybridized carbons (Fsp3) is 0.515. The van der Waals surface area contributed by atoms with Crippen LogP contribution in [-0.2, 0) is 81.6 Å². The van der Waals surface area contributed by atoms with Gasteiger partial charge in [-0.05, 0) is 74.5 Å². The number of phenolic OH excluding ortho intramolecular Hbond substituents is 1. The molecule has 3 heterocycles. The van der Waals surface area contributed by atoms with Gasteiger partial charge in [-0.2, -0.15) is 0 Å². The number of hydrogen-bond donors (Lipinski definition) is 18. The predicted molar refractivity (Wildman–Crippen MR) is 387 cm³/mol. The van der Waals surface area contributed by atoms with Gasteiger partial charge in [-0.1, -0.05) is 89.7 Å². The number of aliphatic carboxylic acids is 5. The highest BCUT2D eigenvalue weighted by molar-refractivity contribution is 8.76. The summed E-state index contributed by atoms with van der Waals surface area (Å²) in [5.74, 6) is -14.8. The average molecular weight is 1510 g/mol. The second kappa shape index (κ2) is 45.0. The minimum atomic E-state index is -1.91. The predicted octanol–water partition coefficient (Wildman–Crippen LogP) is -2.65. The zero-order valence-electron chi connectivity index (χ0n) is 57.8. The Morgan fingerprint density at radius 1 is 0.581 bits per heavy atom. The van der Waals surface area contributed by atoms with Gasteiger partial charge in [0.15, 0.2) is 6.04 Å². The van der Waals surface area contributed by atoms with Crippen molar-refractivity contribution in [3.8, 4) is 5.75 Å². The van der Waals surface area contributed by atoms with Crippen LogP contribution in [0.25, 0.3) is 10.9 Å². The number of carboxylic acids is 5. The van der Waals surface area contributed by atoms with Crippen LogP contribution in [0, 0.1) is 0 Å². The number of phenols is 1. The number of carbonyl (C=O) groups is 13. The van der Waals surface area contributed by atoms with Crippen molar-refractivity contribution in [2.45, 2.75) is 127 Å². The molecule has 6 rings (SSSR count). The molecule has 8 amide bonds. The Bertz CT molecular complexity index is 3520. The maximum absolute atomic E-state index is 15.3. The summed E-state index contributed by atoms with van der Waals surface area (Å²) >= 11 is 0. The number of hydrogen-bond acceptors (Lipinski definition) is 23. The van der Waals surface area contributed by atoms with E-state index >= 15 is 14.4 Å². The largest absolute Gasteiger partial charge is 0.508 e. The minimum Gasteiger partial charge on any atom is -0.508 e. The number of carboxylic acid groups (broad SMARTS) is 5. The quantitative estimate of drug-likeness (QED) is 0.0226. The van der Waals surface area contributed by atoms with Crippen LogP contribution >= 0.6 is 21.6 Å². The van der Waals surface area contributed by atoms with Crippen LogP contribution in [0.1, 0.15) is 64.2 Å². The topological polar surface area (TPSA) is 535 Å². The molecule has 2 aliphatic rings. The number of H-pyrrole nitrogens is 1. The highest BCUT2D eigenvalue weighted by atomic mass is 33.1. The lowest BCUT2D eigenvalue weighted by Crippen LogP contribution is -2.62. The van der Waals surface area contributed by atoms with Gasteiger partial charge in [-0.25, -0.2) is 4.79 Å². The second-order valence-corrected chi connectivity index (χ2v) is 27.6. The Labute approximate surface area is 614 Å². The fourth-order valence-electron chi connectivity index (χ4n) is 11.1. The van der Waals surface area contributed by atoms with Crippen molar-refractivity contribution in [3.05, 3.63) is 102 Å². The number of rotatable bonds is 26. The number of aromatic amines is 1. The first kappa shape index (κ1) is 87.9. The zero-order valence-corrected chi connectivity index (χ0v) is 59.4. The first-order valence-corrected chi connectivity index (χ1v) is 35.9. The van der Waals surface area contributed by atoms with E-state index in [0.717, 1.165) is 42.4 Å². The third-order valence-corrected chi connectivity index (χ3v) is 19.0. The van der Waals surface area contributed by atoms with Gasteiger partial charge < -0.3 is 94.1 Å². The van der Waals surface area contributed by atoms with Crippen molar-refractivity contribution in [3.63, 3.8) is 0 Å². The van der Waals surface area contributed by atoms with E-state index < -0.39 is 169 Å². The summed E-state index contributed by atoms with van der Waals surface area (Å²) in [6.07, 6.45) is -1.92. The lowest BCUT2D eigenvalue weighted by atomic mass is 10.0. The number of fused-ring (bicyclic) bond motifs is 1. The van der Waals surface area contributed by atoms with Gasteiger partial charge in [0.2, 0.25) is 47.3 Å². The van der Waals surface area contributed by atoms with Gasteiger partial charge in [0, 0.05) is 107 Å². The number of benzene rings is 3. The molecule has 578 valence electrons. The van der Waals surface area contributed by atoms with Crippen LogP contribution in [0.5, 0.6) is 5.75 Å². The molecule has 1 aromatic heterocycles. The van der Waals surface area contributed by atoms with Crippen molar-refractivity contribution >= 4 is 110 Å². The van der Waals surface area contributed by atoms with Gasteiger partial charge in [0.25, 0.3) is 5.97 Å². The molecule has 3 aromatic carbocycles. The number of aromatic nitrogens is 1. The van der Waals surface area contributed by atoms with Crippen LogP contribution in [0.15, 0.2) is 85.1 Å². The number of nitrogens with zero attached hydrogens (tertiary/aromatic N) is 4. The number of aliphatic hydroxyl groups excluding tert-OH is 2. The van der Waals surface area contributed by atoms with Crippen molar-refractivity contribution in [1.82, 2.24) is 67.1 Å². The summed E-state index contributed by atoms with van der Waals surface area (Å²) in [6, 6.07) is 7.92. The van der Waals surface area contributed by atoms with E-state index in [9.17, 15) is 78.9 Å². The molecule has 19 N–H and O–H groups in total. The van der Waals surface area contributed by atoms with E-state index in [1.807, 2.05) is 0 Å². The summed E-state index contributed by atoms with van der Waals surface area (Å²) in [5.41, 5.74) is 7.96. The number of aromatic hydroxyl groups is 1. The molecule has 4 aromatic rings. The normalized spacial score (nSPS) is 21.1. The number of para-hydroxylation sites is 1. The molecule has 0 saturated carbocycles. The lowest BCUT2D eigenvalue weighted by molar-refractivity contribution is -0.145. The van der Waals surface area contributed by atoms with Gasteiger partial charge >= 0.3 is 23.9 Å². The van der Waals surface area contributed by atoms with E-state index in [1.54, 1.807) is 80.4 Å². The molecular weight excluding hydrogens is 1410 g/mol. The first-order valence-electron chi connectivity index (χ1n) is 33.5. The van der Waals surface area contributed by atoms with Crippen molar-refractivity contribution in [2.75, 3.05) is 96.6 Å². The van der Waals surface area contributed by atoms with Crippen LogP contribution in [0.3, 0.4) is 0 Å². The van der Waals surface area contributed by atoms with Gasteiger partial charge in [0.1, 0.15) is 48.0 Å². The van der Waals surface area contributed by atoms with E-state index in [1.165, 1.54) is 24.3 Å². The highest BCUT2D eigenvalue weighted by Gasteiger charge is 2.38. The number of carbonyl (C=O) groups excluding carboxylic acids is 8. The summed E-state index contributed by atoms with van der Waals surface area (Å²) in [5, 5.41) is 99.8. The molecular formula is C68H98N14O21S2. The number of amides is 8. The standard InChI is InChI=1S/C65H90N14O19S2.C2H4O2.CH4/c1-38(80)56-64(96)73-51(63(95)75-57(39(2)81)65(97)98)37-100-99-36-50(72-59(91)47(28-40-10-4-3-5-11-40)68-52(83)32-76-20-22-77(33-53(84)85)24-26-79(35-55(88)89)27-25-78(23-21-76)34-54(86)87)62(94)70-48(29-41-15-17-43(82)18-16-41)60(92)71-49(30-42-31-67-45-13-7-6-12-44(42)45)61(93)69-46(58(90)74-56)14-8-9-19-66;1-2(3)4;/h3-7,10-13,15-18,31,38-39,46-51,56-57,67,80-82H,8-9,14,19-30,32-37,66H2,1-2H3,(H,68,83)(H,69,93)(H,70,94)(H,71,92)(H,72,91)(H,73,96)(H,74,90)(H,75,95)(H,84,85)(H,86,87)(H,88,89)(H,97,98);1H3,(H,3,4);1H4/t38-,39-,46+,47-,48+,49-,50+,51+,56+,57+;;/m1../s1. The molecule has 0 radical (unpaired) electrons. The molecule has 37 heteroatoms. The molecule has 0 spiro atoms. The van der Waals surface area contributed by atoms with Crippen LogP contribution in [0.4, 0.5) is 0 Å². The molecule has 2 aliphatic heterocycles. The van der Waals surface area contributed by atoms with Crippen LogP contribution in [0.2, 0.25) is 0 Å². The van der Waals surface area contributed by atoms with E-state index in [-0.39, 0.29) is 111 Å². The number of aliphatic hydroxyl groups is 2. The van der Waals surface area contributed by atoms with E-state index in [2.05, 4.69) is 47.5 Å². The molecule has 0 aliphatic carbocycles. The van der Waals surface area contributed by atoms with E-state index in [0.29, 0.717) is 34.0 Å². The maximum Gasteiger partial charge on any atom is 0.328 e. The Balaban J connectivity index is 0.00000454. The summed E-state index contributed by atoms with van der Waals surface area (Å²) < 4.78 is 0. The Hall–Kier alpha value is -9.47. The van der Waals surface area contributed by atoms with Crippen LogP contribution < -0.4 is 48.3 Å². The summed E-state index contributed by atoms with van der Waals surface area (Å²) in [6.45, 7) is 2.46. The average Bonchev–Trinajstić information content (AvgIpc) is 1.60. The Morgan fingerprint density at radius 3 is 1.60 bits per heavy atom. The molecule has 2 saturated heterocycles. The SMILES string of the molecule is C.CC(=O)O.C[C@@H](O)[C@H](NC(=O)[C@@H]1CSSC[C@H](NC(=O)[C@@H](Cc2ccccc2)NC(=O)CN2CCN(CC(=O)O)CCN(CC(=O)O)CCN(CC(=O)O)CC2)C(=O)N[C@@H](Cc2ccc(O)cc2)C(=O)N[C@H](Cc2c[nH]c3ccccc23)C(=O)N[C@@H](CCCCN)C(=O)N[C@@H]([C@@H](C)O)C(=O)N1)C(=O)O. The molecule has 10 atom stereocenters. The number of unbranched alkanes of at least 4 members (excludes halogenated alkanes) is 1. The molecule has 2 fully saturated rings. The van der Waals surface area contributed by atoms with Gasteiger partial charge in [-0.15, -0.1) is 0 Å². The summed E-state index contributed by atoms with van der Waals surface area (Å²) in [7, 11) is 1.66. The number of nitrogens with one attached hydrogen (secondary N) is 9. The van der Waals surface area contributed by atoms with Crippen molar-refractivity contribution < 1.29 is 103 Å².